The fraction of sp³-hybridized carbons (Fsp3) is 0.382. The van der Waals surface area contributed by atoms with Gasteiger partial charge in [-0.1, -0.05) is 73.9 Å². The maximum absolute atomic E-state index is 14.1. The zero-order valence-corrected chi connectivity index (χ0v) is 25.0. The molecule has 0 aliphatic heterocycles. The van der Waals surface area contributed by atoms with Crippen LogP contribution in [-0.4, -0.2) is 52.8 Å². The van der Waals surface area contributed by atoms with Gasteiger partial charge in [-0.25, -0.2) is 0 Å². The molecule has 232 valence electrons. The number of nitrogens with zero attached hydrogens (tertiary/aromatic N) is 2. The van der Waals surface area contributed by atoms with Crippen molar-refractivity contribution in [3.63, 3.8) is 0 Å². The lowest BCUT2D eigenvalue weighted by molar-refractivity contribution is -0.384. The van der Waals surface area contributed by atoms with E-state index in [1.165, 1.54) is 31.4 Å². The van der Waals surface area contributed by atoms with Crippen LogP contribution < -0.4 is 15.8 Å². The van der Waals surface area contributed by atoms with Crippen molar-refractivity contribution in [2.75, 3.05) is 7.11 Å². The molecule has 4 rings (SSSR count). The summed E-state index contributed by atoms with van der Waals surface area (Å²) in [6, 6.07) is 20.1. The van der Waals surface area contributed by atoms with E-state index in [4.69, 9.17) is 10.5 Å². The van der Waals surface area contributed by atoms with Crippen LogP contribution in [0.25, 0.3) is 0 Å². The molecule has 0 heterocycles. The topological polar surface area (TPSA) is 145 Å². The number of amides is 3. The predicted molar refractivity (Wildman–Crippen MR) is 167 cm³/mol. The van der Waals surface area contributed by atoms with Gasteiger partial charge in [0.2, 0.25) is 17.7 Å². The van der Waals surface area contributed by atoms with Crippen LogP contribution in [0.4, 0.5) is 5.69 Å². The van der Waals surface area contributed by atoms with Crippen molar-refractivity contribution < 1.29 is 24.0 Å². The number of nitro benzene ring substituents is 1. The third-order valence-corrected chi connectivity index (χ3v) is 8.03. The smallest absolute Gasteiger partial charge is 0.269 e. The van der Waals surface area contributed by atoms with E-state index in [-0.39, 0.29) is 36.9 Å². The summed E-state index contributed by atoms with van der Waals surface area (Å²) in [5.41, 5.74) is 8.55. The third-order valence-electron chi connectivity index (χ3n) is 8.03. The molecule has 1 fully saturated rings. The van der Waals surface area contributed by atoms with E-state index >= 15 is 0 Å². The molecule has 3 amide bonds. The number of carbonyl (C=O) groups is 3. The van der Waals surface area contributed by atoms with E-state index < -0.39 is 28.8 Å². The first-order valence-corrected chi connectivity index (χ1v) is 15.1. The highest BCUT2D eigenvalue weighted by Crippen LogP contribution is 2.21. The lowest BCUT2D eigenvalue weighted by atomic mass is 9.94. The molecule has 10 heteroatoms. The molecule has 0 radical (unpaired) electrons. The molecule has 0 bridgehead atoms. The Morgan fingerprint density at radius 1 is 0.955 bits per heavy atom. The van der Waals surface area contributed by atoms with E-state index in [9.17, 15) is 24.5 Å². The van der Waals surface area contributed by atoms with Gasteiger partial charge in [0.25, 0.3) is 5.69 Å². The molecule has 0 saturated heterocycles. The van der Waals surface area contributed by atoms with E-state index in [1.807, 2.05) is 30.3 Å². The molecular formula is C34H40N4O6. The van der Waals surface area contributed by atoms with Crippen LogP contribution >= 0.6 is 0 Å². The monoisotopic (exact) mass is 600 g/mol. The number of carbonyl (C=O) groups excluding carboxylic acids is 3. The van der Waals surface area contributed by atoms with E-state index in [1.54, 1.807) is 24.3 Å². The molecule has 1 saturated carbocycles. The van der Waals surface area contributed by atoms with Gasteiger partial charge in [-0.3, -0.25) is 29.4 Å². The van der Waals surface area contributed by atoms with Crippen LogP contribution in [0.2, 0.25) is 0 Å². The number of benzene rings is 3. The third kappa shape index (κ3) is 8.97. The predicted octanol–water partition coefficient (Wildman–Crippen LogP) is 4.52. The number of hydrogen-bond donors (Lipinski definition) is 2. The summed E-state index contributed by atoms with van der Waals surface area (Å²) in [5, 5.41) is 14.2. The molecule has 0 spiro atoms. The lowest BCUT2D eigenvalue weighted by Gasteiger charge is -2.33. The summed E-state index contributed by atoms with van der Waals surface area (Å²) in [6.45, 7) is 0. The summed E-state index contributed by atoms with van der Waals surface area (Å²) < 4.78 is 5.31. The van der Waals surface area contributed by atoms with E-state index in [0.29, 0.717) is 23.3 Å². The highest BCUT2D eigenvalue weighted by molar-refractivity contribution is 6.03. The number of non-ortho nitro benzene ring substituents is 1. The number of ether oxygens (including phenoxy) is 1. The van der Waals surface area contributed by atoms with Crippen LogP contribution in [0.1, 0.15) is 55.2 Å². The maximum Gasteiger partial charge on any atom is 0.269 e. The number of aryl methyl sites for hydroxylation is 1. The van der Waals surface area contributed by atoms with Crippen LogP contribution in [-0.2, 0) is 33.6 Å². The van der Waals surface area contributed by atoms with Gasteiger partial charge in [-0.2, -0.15) is 0 Å². The molecule has 3 aromatic rings. The van der Waals surface area contributed by atoms with Gasteiger partial charge >= 0.3 is 0 Å². The van der Waals surface area contributed by atoms with Crippen molar-refractivity contribution in [3.8, 4) is 5.75 Å². The molecule has 0 aromatic heterocycles. The summed E-state index contributed by atoms with van der Waals surface area (Å²) in [7, 11) is 1.53. The minimum atomic E-state index is -1.16. The quantitative estimate of drug-likeness (QED) is 0.217. The number of nitrogens with one attached hydrogen (secondary N) is 1. The van der Waals surface area contributed by atoms with E-state index in [0.717, 1.165) is 42.6 Å². The Kier molecular flexibility index (Phi) is 11.6. The molecule has 44 heavy (non-hydrogen) atoms. The van der Waals surface area contributed by atoms with Gasteiger partial charge in [0.15, 0.2) is 0 Å². The Morgan fingerprint density at radius 2 is 1.64 bits per heavy atom. The van der Waals surface area contributed by atoms with E-state index in [2.05, 4.69) is 5.32 Å². The Hall–Kier alpha value is -4.57. The minimum Gasteiger partial charge on any atom is -0.497 e. The van der Waals surface area contributed by atoms with Gasteiger partial charge in [-0.15, -0.1) is 0 Å². The number of imide groups is 1. The number of hydrogen-bond acceptors (Lipinski definition) is 7. The maximum atomic E-state index is 14.1. The van der Waals surface area contributed by atoms with Crippen molar-refractivity contribution in [1.82, 2.24) is 10.2 Å². The largest absolute Gasteiger partial charge is 0.497 e. The van der Waals surface area contributed by atoms with Gasteiger partial charge < -0.3 is 15.8 Å². The van der Waals surface area contributed by atoms with Crippen molar-refractivity contribution in [1.29, 1.82) is 0 Å². The first kappa shape index (κ1) is 32.3. The fourth-order valence-electron chi connectivity index (χ4n) is 5.64. The first-order valence-electron chi connectivity index (χ1n) is 15.1. The zero-order valence-electron chi connectivity index (χ0n) is 25.0. The molecule has 2 atom stereocenters. The number of nitrogens with two attached hydrogens (primary N) is 1. The molecular weight excluding hydrogens is 560 g/mol. The summed E-state index contributed by atoms with van der Waals surface area (Å²) in [6.07, 6.45) is 5.44. The lowest BCUT2D eigenvalue weighted by Crippen LogP contribution is -2.58. The Bertz CT molecular complexity index is 1420. The van der Waals surface area contributed by atoms with Crippen LogP contribution in [0.5, 0.6) is 5.75 Å². The Morgan fingerprint density at radius 3 is 2.30 bits per heavy atom. The van der Waals surface area contributed by atoms with Crippen molar-refractivity contribution in [2.45, 2.75) is 75.9 Å². The highest BCUT2D eigenvalue weighted by atomic mass is 16.6. The minimum absolute atomic E-state index is 0.0188. The standard InChI is InChI=1S/C34H40N4O6/c1-44-29-14-8-11-26(21-29)23-32(39)37(34(41)30(35)22-25-15-18-28(19-16-25)38(42)43)31(20-17-24-9-4-2-5-10-24)33(40)36-27-12-6-3-7-13-27/h2,4-5,8-11,14-16,18-19,21,27,30-31H,3,6-7,12-13,17,20,22-23,35H2,1H3,(H,36,40)/t30-,31?/m0/s1. The highest BCUT2D eigenvalue weighted by Gasteiger charge is 2.37. The van der Waals surface area contributed by atoms with Crippen LogP contribution in [0, 0.1) is 10.1 Å². The molecule has 3 aromatic carbocycles. The van der Waals surface area contributed by atoms with Gasteiger partial charge in [-0.05, 0) is 60.9 Å². The SMILES string of the molecule is COc1cccc(CC(=O)N(C(=O)[C@@H](N)Cc2ccc([N+](=O)[O-])cc2)C(CCc2ccccc2)C(=O)NC2CCCCC2)c1. The number of methoxy groups -OCH3 is 1. The van der Waals surface area contributed by atoms with Crippen molar-refractivity contribution in [3.05, 3.63) is 106 Å². The van der Waals surface area contributed by atoms with Gasteiger partial charge in [0, 0.05) is 18.2 Å². The Labute approximate surface area is 257 Å². The molecule has 10 nitrogen and oxygen atoms in total. The van der Waals surface area contributed by atoms with Crippen molar-refractivity contribution >= 4 is 23.4 Å². The molecule has 1 aliphatic rings. The van der Waals surface area contributed by atoms with Gasteiger partial charge in [0.1, 0.15) is 11.8 Å². The average molecular weight is 601 g/mol. The van der Waals surface area contributed by atoms with Crippen molar-refractivity contribution in [2.24, 2.45) is 5.73 Å². The number of rotatable bonds is 13. The van der Waals surface area contributed by atoms with Crippen LogP contribution in [0.15, 0.2) is 78.9 Å². The molecule has 1 unspecified atom stereocenters. The molecule has 1 aliphatic carbocycles. The number of nitro groups is 1. The Balaban J connectivity index is 1.65. The summed E-state index contributed by atoms with van der Waals surface area (Å²) in [5.74, 6) is -1.02. The summed E-state index contributed by atoms with van der Waals surface area (Å²) in [4.78, 5) is 53.7. The second kappa shape index (κ2) is 15.8. The second-order valence-corrected chi connectivity index (χ2v) is 11.2. The van der Waals surface area contributed by atoms with Gasteiger partial charge in [0.05, 0.1) is 24.5 Å². The molecule has 3 N–H and O–H groups in total. The zero-order chi connectivity index (χ0) is 31.5. The second-order valence-electron chi connectivity index (χ2n) is 11.2. The first-order chi connectivity index (χ1) is 21.2. The summed E-state index contributed by atoms with van der Waals surface area (Å²) >= 11 is 0. The van der Waals surface area contributed by atoms with Crippen LogP contribution in [0.3, 0.4) is 0 Å². The fourth-order valence-corrected chi connectivity index (χ4v) is 5.64. The normalized spacial score (nSPS) is 14.7. The average Bonchev–Trinajstić information content (AvgIpc) is 3.03.